The van der Waals surface area contributed by atoms with Crippen LogP contribution in [0, 0.1) is 6.92 Å². The summed E-state index contributed by atoms with van der Waals surface area (Å²) in [7, 11) is 0. The maximum Gasteiger partial charge on any atom is 0.417 e. The van der Waals surface area contributed by atoms with Crippen LogP contribution >= 0.6 is 0 Å². The Morgan fingerprint density at radius 3 is 2.38 bits per heavy atom. The topological polar surface area (TPSA) is 101 Å². The van der Waals surface area contributed by atoms with Crippen molar-refractivity contribution in [1.82, 2.24) is 44.6 Å². The van der Waals surface area contributed by atoms with Crippen molar-refractivity contribution in [3.63, 3.8) is 0 Å². The summed E-state index contributed by atoms with van der Waals surface area (Å²) in [6, 6.07) is 25.3. The van der Waals surface area contributed by atoms with E-state index in [0.29, 0.717) is 11.5 Å². The minimum absolute atomic E-state index is 0.190. The number of rotatable bonds is 6. The van der Waals surface area contributed by atoms with E-state index in [1.165, 1.54) is 11.6 Å². The van der Waals surface area contributed by atoms with Gasteiger partial charge in [0.15, 0.2) is 17.1 Å². The van der Waals surface area contributed by atoms with Crippen LogP contribution in [0.2, 0.25) is 0 Å². The van der Waals surface area contributed by atoms with Gasteiger partial charge in [0.1, 0.15) is 11.5 Å². The Morgan fingerprint density at radius 1 is 0.854 bits per heavy atom. The molecule has 0 aliphatic carbocycles. The SMILES string of the molecule is Cc1cc2ncc3cc(-c4ccccc4)c(-c4ccc(CN5CCC(c6nc(-c7ccc(C(F)(F)F)cn7)n[nH]6)CC5)cc4)nc3n2n1. The van der Waals surface area contributed by atoms with E-state index < -0.39 is 11.7 Å². The lowest BCUT2D eigenvalue weighted by Crippen LogP contribution is -2.32. The lowest BCUT2D eigenvalue weighted by atomic mass is 9.95. The van der Waals surface area contributed by atoms with Gasteiger partial charge in [-0.15, -0.1) is 0 Å². The first-order chi connectivity index (χ1) is 23.3. The molecular formula is C36H30F3N9. The van der Waals surface area contributed by atoms with Crippen molar-refractivity contribution in [2.75, 3.05) is 13.1 Å². The van der Waals surface area contributed by atoms with Crippen molar-refractivity contribution in [2.24, 2.45) is 0 Å². The zero-order chi connectivity index (χ0) is 32.8. The number of nitrogens with zero attached hydrogens (tertiary/aromatic N) is 8. The highest BCUT2D eigenvalue weighted by atomic mass is 19.4. The number of alkyl halides is 3. The van der Waals surface area contributed by atoms with Gasteiger partial charge in [-0.2, -0.15) is 27.9 Å². The van der Waals surface area contributed by atoms with Crippen molar-refractivity contribution in [3.05, 3.63) is 114 Å². The predicted octanol–water partition coefficient (Wildman–Crippen LogP) is 7.50. The number of aromatic nitrogens is 8. The van der Waals surface area contributed by atoms with Crippen LogP contribution in [0.25, 0.3) is 50.6 Å². The maximum absolute atomic E-state index is 12.9. The van der Waals surface area contributed by atoms with Crippen LogP contribution in [-0.4, -0.2) is 57.7 Å². The Labute approximate surface area is 273 Å². The van der Waals surface area contributed by atoms with Crippen molar-refractivity contribution in [2.45, 2.75) is 38.4 Å². The highest BCUT2D eigenvalue weighted by molar-refractivity contribution is 5.90. The van der Waals surface area contributed by atoms with Crippen molar-refractivity contribution < 1.29 is 13.2 Å². The molecule has 0 atom stereocenters. The molecule has 0 spiro atoms. The summed E-state index contributed by atoms with van der Waals surface area (Å²) in [6.45, 7) is 4.55. The lowest BCUT2D eigenvalue weighted by Gasteiger charge is -2.31. The average Bonchev–Trinajstić information content (AvgIpc) is 3.76. The van der Waals surface area contributed by atoms with Crippen LogP contribution < -0.4 is 0 Å². The van der Waals surface area contributed by atoms with Gasteiger partial charge in [-0.05, 0) is 62.2 Å². The Kier molecular flexibility index (Phi) is 7.44. The molecular weight excluding hydrogens is 615 g/mol. The molecule has 0 bridgehead atoms. The Bertz CT molecular complexity index is 2220. The number of hydrogen-bond acceptors (Lipinski definition) is 7. The fraction of sp³-hybridized carbons (Fsp3) is 0.222. The molecule has 7 aromatic rings. The van der Waals surface area contributed by atoms with E-state index in [0.717, 1.165) is 95.3 Å². The van der Waals surface area contributed by atoms with E-state index in [1.807, 2.05) is 41.9 Å². The molecule has 1 aliphatic rings. The first-order valence-electron chi connectivity index (χ1n) is 15.8. The molecule has 6 heterocycles. The largest absolute Gasteiger partial charge is 0.417 e. The molecule has 9 nitrogen and oxygen atoms in total. The zero-order valence-electron chi connectivity index (χ0n) is 26.0. The normalized spacial score (nSPS) is 14.7. The fourth-order valence-electron chi connectivity index (χ4n) is 6.37. The third-order valence-corrected chi connectivity index (χ3v) is 8.90. The van der Waals surface area contributed by atoms with Crippen molar-refractivity contribution in [1.29, 1.82) is 0 Å². The van der Waals surface area contributed by atoms with Gasteiger partial charge in [0.25, 0.3) is 0 Å². The summed E-state index contributed by atoms with van der Waals surface area (Å²) in [5, 5.41) is 12.8. The minimum Gasteiger partial charge on any atom is -0.299 e. The molecule has 1 fully saturated rings. The first-order valence-corrected chi connectivity index (χ1v) is 15.8. The summed E-state index contributed by atoms with van der Waals surface area (Å²) in [6.07, 6.45) is 0.0279. The molecule has 8 rings (SSSR count). The molecule has 1 aliphatic heterocycles. The van der Waals surface area contributed by atoms with E-state index in [9.17, 15) is 13.2 Å². The number of fused-ring (bicyclic) bond motifs is 3. The molecule has 0 amide bonds. The van der Waals surface area contributed by atoms with Gasteiger partial charge in [0.2, 0.25) is 0 Å². The number of H-pyrrole nitrogens is 1. The van der Waals surface area contributed by atoms with Crippen molar-refractivity contribution in [3.8, 4) is 33.9 Å². The van der Waals surface area contributed by atoms with Crippen LogP contribution in [0.5, 0.6) is 0 Å². The van der Waals surface area contributed by atoms with Crippen LogP contribution in [0.4, 0.5) is 13.2 Å². The molecule has 2 aromatic carbocycles. The molecule has 0 radical (unpaired) electrons. The number of nitrogens with one attached hydrogen (secondary N) is 1. The fourth-order valence-corrected chi connectivity index (χ4v) is 6.37. The zero-order valence-corrected chi connectivity index (χ0v) is 26.0. The maximum atomic E-state index is 12.9. The number of likely N-dealkylation sites (tertiary alicyclic amines) is 1. The number of aryl methyl sites for hydroxylation is 1. The molecule has 240 valence electrons. The van der Waals surface area contributed by atoms with Crippen LogP contribution in [0.3, 0.4) is 0 Å². The van der Waals surface area contributed by atoms with Gasteiger partial charge in [0, 0.05) is 47.4 Å². The summed E-state index contributed by atoms with van der Waals surface area (Å²) in [5.74, 6) is 1.24. The number of benzene rings is 2. The first kappa shape index (κ1) is 29.9. The van der Waals surface area contributed by atoms with E-state index >= 15 is 0 Å². The summed E-state index contributed by atoms with van der Waals surface area (Å²) in [5.41, 5.74) is 7.18. The second-order valence-corrected chi connectivity index (χ2v) is 12.2. The van der Waals surface area contributed by atoms with Gasteiger partial charge in [-0.1, -0.05) is 54.6 Å². The van der Waals surface area contributed by atoms with E-state index in [1.54, 1.807) is 0 Å². The van der Waals surface area contributed by atoms with Crippen LogP contribution in [-0.2, 0) is 12.7 Å². The molecule has 0 saturated carbocycles. The molecule has 12 heteroatoms. The molecule has 5 aromatic heterocycles. The quantitative estimate of drug-likeness (QED) is 0.200. The van der Waals surface area contributed by atoms with Gasteiger partial charge in [0.05, 0.1) is 17.0 Å². The monoisotopic (exact) mass is 645 g/mol. The number of halogens is 3. The Morgan fingerprint density at radius 2 is 1.65 bits per heavy atom. The van der Waals surface area contributed by atoms with Gasteiger partial charge in [-0.25, -0.2) is 15.0 Å². The third-order valence-electron chi connectivity index (χ3n) is 8.90. The molecule has 1 saturated heterocycles. The predicted molar refractivity (Wildman–Crippen MR) is 176 cm³/mol. The van der Waals surface area contributed by atoms with Gasteiger partial charge in [-0.3, -0.25) is 15.0 Å². The number of aromatic amines is 1. The number of pyridine rings is 2. The summed E-state index contributed by atoms with van der Waals surface area (Å²) in [4.78, 5) is 20.7. The van der Waals surface area contributed by atoms with Crippen LogP contribution in [0.1, 0.15) is 41.4 Å². The smallest absolute Gasteiger partial charge is 0.299 e. The standard InChI is InChI=1S/C36H30F3N9/c1-22-17-31-41-19-27-18-29(24-5-3-2-4-6-24)32(42-35(27)48(31)46-22)25-9-7-23(8-10-25)21-47-15-13-26(14-16-47)33-43-34(45-44-33)30-12-11-28(20-40-30)36(37,38)39/h2-12,17-20,26H,13-16,21H2,1H3,(H,43,44,45). The minimum atomic E-state index is -4.43. The molecule has 1 N–H and O–H groups in total. The molecule has 0 unspecified atom stereocenters. The van der Waals surface area contributed by atoms with E-state index in [4.69, 9.17) is 4.98 Å². The van der Waals surface area contributed by atoms with E-state index in [2.05, 4.69) is 77.6 Å². The second-order valence-electron chi connectivity index (χ2n) is 12.2. The Hall–Kier alpha value is -5.49. The number of hydrogen-bond donors (Lipinski definition) is 1. The van der Waals surface area contributed by atoms with Crippen LogP contribution in [0.15, 0.2) is 91.3 Å². The summed E-state index contributed by atoms with van der Waals surface area (Å²) >= 11 is 0. The molecule has 48 heavy (non-hydrogen) atoms. The van der Waals surface area contributed by atoms with E-state index in [-0.39, 0.29) is 5.92 Å². The van der Waals surface area contributed by atoms with Gasteiger partial charge >= 0.3 is 6.18 Å². The average molecular weight is 646 g/mol. The van der Waals surface area contributed by atoms with Gasteiger partial charge < -0.3 is 0 Å². The highest BCUT2D eigenvalue weighted by Gasteiger charge is 2.31. The number of piperidine rings is 1. The second kappa shape index (κ2) is 11.9. The Balaban J connectivity index is 0.974. The third kappa shape index (κ3) is 5.79. The van der Waals surface area contributed by atoms with Crippen molar-refractivity contribution >= 4 is 16.7 Å². The summed E-state index contributed by atoms with van der Waals surface area (Å²) < 4.78 is 40.5. The highest BCUT2D eigenvalue weighted by Crippen LogP contribution is 2.34. The lowest BCUT2D eigenvalue weighted by molar-refractivity contribution is -0.137.